The van der Waals surface area contributed by atoms with Crippen molar-refractivity contribution in [1.82, 2.24) is 9.78 Å². The average Bonchev–Trinajstić information content (AvgIpc) is 3.29. The smallest absolute Gasteiger partial charge is 0.262 e. The third kappa shape index (κ3) is 5.42. The number of nitrogens with one attached hydrogen (secondary N) is 2. The van der Waals surface area contributed by atoms with E-state index in [0.717, 1.165) is 11.4 Å². The van der Waals surface area contributed by atoms with Crippen LogP contribution in [0.25, 0.3) is 5.69 Å². The van der Waals surface area contributed by atoms with Gasteiger partial charge in [-0.3, -0.25) is 9.59 Å². The first-order valence-electron chi connectivity index (χ1n) is 10.6. The van der Waals surface area contributed by atoms with Crippen LogP contribution >= 0.6 is 0 Å². The Morgan fingerprint density at radius 1 is 0.882 bits per heavy atom. The SMILES string of the molecule is COc1ccccc1OCC(=O)Nc1cccc(NC(=O)c2ccc(-n3nccc3C)cc2)c1. The molecule has 1 aromatic heterocycles. The van der Waals surface area contributed by atoms with E-state index in [-0.39, 0.29) is 18.4 Å². The van der Waals surface area contributed by atoms with Crippen molar-refractivity contribution in [3.05, 3.63) is 96.3 Å². The number of rotatable bonds is 8. The van der Waals surface area contributed by atoms with Crippen LogP contribution in [0.15, 0.2) is 85.1 Å². The molecule has 0 spiro atoms. The van der Waals surface area contributed by atoms with Crippen LogP contribution in [-0.4, -0.2) is 35.3 Å². The number of methoxy groups -OCH3 is 1. The Bertz CT molecular complexity index is 1300. The molecule has 2 N–H and O–H groups in total. The molecule has 1 heterocycles. The molecule has 3 aromatic carbocycles. The molecular weight excluding hydrogens is 432 g/mol. The van der Waals surface area contributed by atoms with Gasteiger partial charge in [0.1, 0.15) is 0 Å². The van der Waals surface area contributed by atoms with Crippen molar-refractivity contribution < 1.29 is 19.1 Å². The first-order chi connectivity index (χ1) is 16.5. The number of carbonyl (C=O) groups is 2. The monoisotopic (exact) mass is 456 g/mol. The van der Waals surface area contributed by atoms with Gasteiger partial charge in [0.2, 0.25) is 0 Å². The molecule has 0 aliphatic rings. The van der Waals surface area contributed by atoms with E-state index >= 15 is 0 Å². The number of carbonyl (C=O) groups excluding carboxylic acids is 2. The van der Waals surface area contributed by atoms with Crippen LogP contribution < -0.4 is 20.1 Å². The highest BCUT2D eigenvalue weighted by Gasteiger charge is 2.10. The lowest BCUT2D eigenvalue weighted by Crippen LogP contribution is -2.20. The summed E-state index contributed by atoms with van der Waals surface area (Å²) < 4.78 is 12.6. The zero-order valence-electron chi connectivity index (χ0n) is 18.8. The van der Waals surface area contributed by atoms with E-state index in [2.05, 4.69) is 15.7 Å². The number of nitrogens with zero attached hydrogens (tertiary/aromatic N) is 2. The van der Waals surface area contributed by atoms with E-state index < -0.39 is 0 Å². The van der Waals surface area contributed by atoms with Crippen LogP contribution in [0.5, 0.6) is 11.5 Å². The molecule has 0 saturated heterocycles. The van der Waals surface area contributed by atoms with E-state index in [4.69, 9.17) is 9.47 Å². The minimum Gasteiger partial charge on any atom is -0.493 e. The van der Waals surface area contributed by atoms with Gasteiger partial charge in [0.25, 0.3) is 11.8 Å². The van der Waals surface area contributed by atoms with Crippen LogP contribution in [0.1, 0.15) is 16.1 Å². The van der Waals surface area contributed by atoms with Crippen LogP contribution in [-0.2, 0) is 4.79 Å². The Labute approximate surface area is 197 Å². The molecule has 172 valence electrons. The molecule has 0 bridgehead atoms. The molecule has 0 atom stereocenters. The summed E-state index contributed by atoms with van der Waals surface area (Å²) in [6.07, 6.45) is 1.73. The molecule has 0 unspecified atom stereocenters. The zero-order chi connectivity index (χ0) is 23.9. The molecule has 34 heavy (non-hydrogen) atoms. The number of benzene rings is 3. The largest absolute Gasteiger partial charge is 0.493 e. The van der Waals surface area contributed by atoms with Gasteiger partial charge < -0.3 is 20.1 Å². The van der Waals surface area contributed by atoms with Crippen molar-refractivity contribution in [3.8, 4) is 17.2 Å². The fourth-order valence-electron chi connectivity index (χ4n) is 3.35. The summed E-state index contributed by atoms with van der Waals surface area (Å²) in [6, 6.07) is 23.1. The molecule has 0 aliphatic carbocycles. The molecular formula is C26H24N4O4. The normalized spacial score (nSPS) is 10.4. The number of aryl methyl sites for hydroxylation is 1. The Balaban J connectivity index is 1.35. The van der Waals surface area contributed by atoms with E-state index in [1.54, 1.807) is 65.5 Å². The molecule has 4 aromatic rings. The molecule has 0 radical (unpaired) electrons. The van der Waals surface area contributed by atoms with Crippen LogP contribution in [0.2, 0.25) is 0 Å². The maximum atomic E-state index is 12.7. The van der Waals surface area contributed by atoms with Crippen molar-refractivity contribution >= 4 is 23.2 Å². The van der Waals surface area contributed by atoms with Gasteiger partial charge in [-0.15, -0.1) is 0 Å². The van der Waals surface area contributed by atoms with Gasteiger partial charge in [0, 0.05) is 28.8 Å². The second kappa shape index (κ2) is 10.4. The number of para-hydroxylation sites is 2. The second-order valence-corrected chi connectivity index (χ2v) is 7.45. The molecule has 2 amide bonds. The number of amides is 2. The predicted molar refractivity (Wildman–Crippen MR) is 130 cm³/mol. The highest BCUT2D eigenvalue weighted by molar-refractivity contribution is 6.04. The summed E-state index contributed by atoms with van der Waals surface area (Å²) in [4.78, 5) is 25.0. The summed E-state index contributed by atoms with van der Waals surface area (Å²) in [5, 5.41) is 9.88. The van der Waals surface area contributed by atoms with Gasteiger partial charge in [-0.2, -0.15) is 5.10 Å². The minimum atomic E-state index is -0.334. The van der Waals surface area contributed by atoms with Crippen LogP contribution in [0, 0.1) is 6.92 Å². The zero-order valence-corrected chi connectivity index (χ0v) is 18.8. The Morgan fingerprint density at radius 3 is 2.26 bits per heavy atom. The van der Waals surface area contributed by atoms with E-state index in [9.17, 15) is 9.59 Å². The lowest BCUT2D eigenvalue weighted by Gasteiger charge is -2.11. The van der Waals surface area contributed by atoms with Gasteiger partial charge in [0.15, 0.2) is 18.1 Å². The van der Waals surface area contributed by atoms with Crippen molar-refractivity contribution in [2.75, 3.05) is 24.4 Å². The van der Waals surface area contributed by atoms with Gasteiger partial charge >= 0.3 is 0 Å². The highest BCUT2D eigenvalue weighted by Crippen LogP contribution is 2.25. The lowest BCUT2D eigenvalue weighted by atomic mass is 10.2. The summed E-state index contributed by atoms with van der Waals surface area (Å²) in [5.74, 6) is 0.438. The molecule has 8 heteroatoms. The highest BCUT2D eigenvalue weighted by atomic mass is 16.5. The van der Waals surface area contributed by atoms with Crippen molar-refractivity contribution in [2.24, 2.45) is 0 Å². The van der Waals surface area contributed by atoms with Crippen molar-refractivity contribution in [2.45, 2.75) is 6.92 Å². The molecule has 0 aliphatic heterocycles. The Kier molecular flexibility index (Phi) is 6.88. The molecule has 4 rings (SSSR count). The quantitative estimate of drug-likeness (QED) is 0.408. The van der Waals surface area contributed by atoms with Crippen molar-refractivity contribution in [1.29, 1.82) is 0 Å². The van der Waals surface area contributed by atoms with E-state index in [0.29, 0.717) is 28.4 Å². The van der Waals surface area contributed by atoms with Gasteiger partial charge in [-0.1, -0.05) is 18.2 Å². The van der Waals surface area contributed by atoms with E-state index in [1.165, 1.54) is 7.11 Å². The van der Waals surface area contributed by atoms with Crippen LogP contribution in [0.4, 0.5) is 11.4 Å². The number of hydrogen-bond acceptors (Lipinski definition) is 5. The maximum Gasteiger partial charge on any atom is 0.262 e. The summed E-state index contributed by atoms with van der Waals surface area (Å²) >= 11 is 0. The number of hydrogen-bond donors (Lipinski definition) is 2. The summed E-state index contributed by atoms with van der Waals surface area (Å²) in [6.45, 7) is 1.78. The van der Waals surface area contributed by atoms with Gasteiger partial charge in [0.05, 0.1) is 12.8 Å². The fraction of sp³-hybridized carbons (Fsp3) is 0.115. The minimum absolute atomic E-state index is 0.182. The predicted octanol–water partition coefficient (Wildman–Crippen LogP) is 4.46. The summed E-state index contributed by atoms with van der Waals surface area (Å²) in [5.41, 5.74) is 3.48. The third-order valence-corrected chi connectivity index (χ3v) is 5.04. The van der Waals surface area contributed by atoms with Crippen molar-refractivity contribution in [3.63, 3.8) is 0 Å². The lowest BCUT2D eigenvalue weighted by molar-refractivity contribution is -0.118. The summed E-state index contributed by atoms with van der Waals surface area (Å²) in [7, 11) is 1.54. The first kappa shape index (κ1) is 22.6. The first-order valence-corrected chi connectivity index (χ1v) is 10.6. The maximum absolute atomic E-state index is 12.7. The third-order valence-electron chi connectivity index (χ3n) is 5.04. The number of ether oxygens (including phenoxy) is 2. The topological polar surface area (TPSA) is 94.5 Å². The standard InChI is InChI=1S/C26H24N4O4/c1-18-14-15-27-30(18)22-12-10-19(11-13-22)26(32)29-21-7-5-6-20(16-21)28-25(31)17-34-24-9-4-3-8-23(24)33-2/h3-16H,17H2,1-2H3,(H,28,31)(H,29,32). The van der Waals surface area contributed by atoms with Crippen LogP contribution in [0.3, 0.4) is 0 Å². The Morgan fingerprint density at radius 2 is 1.59 bits per heavy atom. The van der Waals surface area contributed by atoms with Gasteiger partial charge in [-0.25, -0.2) is 4.68 Å². The van der Waals surface area contributed by atoms with Gasteiger partial charge in [-0.05, 0) is 67.6 Å². The van der Waals surface area contributed by atoms with E-state index in [1.807, 2.05) is 31.2 Å². The second-order valence-electron chi connectivity index (χ2n) is 7.45. The number of aromatic nitrogens is 2. The number of anilines is 2. The average molecular weight is 457 g/mol. The Hall–Kier alpha value is -4.59. The fourth-order valence-corrected chi connectivity index (χ4v) is 3.35. The molecule has 0 saturated carbocycles. The molecule has 8 nitrogen and oxygen atoms in total. The molecule has 0 fully saturated rings.